The van der Waals surface area contributed by atoms with Crippen molar-refractivity contribution in [3.05, 3.63) is 11.6 Å². The lowest BCUT2D eigenvalue weighted by Crippen LogP contribution is -2.71. The van der Waals surface area contributed by atoms with E-state index in [4.69, 9.17) is 28.4 Å². The minimum absolute atomic E-state index is 0.119. The van der Waals surface area contributed by atoms with Crippen LogP contribution < -0.4 is 0 Å². The maximum absolute atomic E-state index is 14.7. The van der Waals surface area contributed by atoms with Gasteiger partial charge in [0.25, 0.3) is 0 Å². The number of hydrogen-bond donors (Lipinski definition) is 14. The smallest absolute Gasteiger partial charge is 0.335 e. The second-order valence-electron chi connectivity index (χ2n) is 23.6. The Kier molecular flexibility index (Phi) is 14.7. The molecule has 0 bridgehead atoms. The topological polar surface area (TPSA) is 373 Å². The van der Waals surface area contributed by atoms with Crippen LogP contribution in [0.2, 0.25) is 0 Å². The molecule has 0 aromatic carbocycles. The zero-order valence-corrected chi connectivity index (χ0v) is 40.5. The second kappa shape index (κ2) is 19.0. The lowest BCUT2D eigenvalue weighted by Gasteiger charge is -2.72. The maximum Gasteiger partial charge on any atom is 0.335 e. The standard InChI is InChI=1S/C48H76O22/c1-43(2)11-12-48(42(64)70-39-33(60)29(56)27(54)22(16-49)65-39)20(13-43)19-7-8-25-44(3)14-21(52)37(45(4,18-51)24(44)9-10-46(25,5)47(19,6)15-26(48)53)69-41-36(31(58)28(55)23(17-50)66-41)68-40-34(61)30(57)32(59)35(67-40)38(62)63/h7,20-37,39-41,49-61H,8-18H2,1-6H3,(H,62,63)/t20-,21+,22+,23+,24+,25+,26?,27+,28-,29-,30-,31-,32-,33+,34+,35-,36+,37-,39-,40-,41-,44-,45-,46+,47+,48+/m0/s1. The number of carboxylic acids is 1. The van der Waals surface area contributed by atoms with Gasteiger partial charge in [-0.25, -0.2) is 4.79 Å². The maximum atomic E-state index is 14.7. The van der Waals surface area contributed by atoms with E-state index in [0.29, 0.717) is 32.1 Å². The number of hydrogen-bond acceptors (Lipinski definition) is 21. The van der Waals surface area contributed by atoms with E-state index in [1.54, 1.807) is 6.92 Å². The molecule has 22 nitrogen and oxygen atoms in total. The zero-order chi connectivity index (χ0) is 51.6. The van der Waals surface area contributed by atoms with Crippen LogP contribution >= 0.6 is 0 Å². The Bertz CT molecular complexity index is 1970. The number of ether oxygens (including phenoxy) is 6. The summed E-state index contributed by atoms with van der Waals surface area (Å²) in [5.41, 5.74) is -4.05. The molecule has 22 heteroatoms. The molecule has 8 rings (SSSR count). The number of carboxylic acid groups (broad SMARTS) is 1. The fourth-order valence-electron chi connectivity index (χ4n) is 15.2. The van der Waals surface area contributed by atoms with Crippen molar-refractivity contribution in [2.45, 2.75) is 203 Å². The molecule has 7 fully saturated rings. The normalized spacial score (nSPS) is 54.4. The Hall–Kier alpha value is -2.04. The molecule has 3 heterocycles. The van der Waals surface area contributed by atoms with E-state index in [1.807, 2.05) is 0 Å². The number of rotatable bonds is 10. The highest BCUT2D eigenvalue weighted by Crippen LogP contribution is 2.76. The predicted molar refractivity (Wildman–Crippen MR) is 235 cm³/mol. The number of aliphatic carboxylic acids is 1. The fraction of sp³-hybridized carbons (Fsp3) is 0.917. The van der Waals surface area contributed by atoms with Crippen molar-refractivity contribution in [1.82, 2.24) is 0 Å². The Morgan fingerprint density at radius 1 is 0.657 bits per heavy atom. The summed E-state index contributed by atoms with van der Waals surface area (Å²) in [6, 6.07) is 0. The van der Waals surface area contributed by atoms with Gasteiger partial charge in [-0.05, 0) is 90.8 Å². The summed E-state index contributed by atoms with van der Waals surface area (Å²) in [4.78, 5) is 26.6. The Labute approximate surface area is 405 Å². The van der Waals surface area contributed by atoms with Crippen LogP contribution in [0.3, 0.4) is 0 Å². The number of aliphatic hydroxyl groups is 13. The molecule has 0 amide bonds. The average molecular weight is 1010 g/mol. The summed E-state index contributed by atoms with van der Waals surface area (Å²) in [5, 5.41) is 152. The molecule has 0 aromatic heterocycles. The van der Waals surface area contributed by atoms with Crippen molar-refractivity contribution < 1.29 is 110 Å². The van der Waals surface area contributed by atoms with E-state index in [0.717, 1.165) is 5.57 Å². The van der Waals surface area contributed by atoms with Gasteiger partial charge in [-0.3, -0.25) is 4.79 Å². The first-order chi connectivity index (χ1) is 32.6. The van der Waals surface area contributed by atoms with E-state index < -0.39 is 175 Å². The zero-order valence-electron chi connectivity index (χ0n) is 40.5. The highest BCUT2D eigenvalue weighted by Gasteiger charge is 2.73. The van der Waals surface area contributed by atoms with Gasteiger partial charge in [0.1, 0.15) is 72.6 Å². The third kappa shape index (κ3) is 8.14. The first-order valence-electron chi connectivity index (χ1n) is 24.7. The van der Waals surface area contributed by atoms with E-state index in [-0.39, 0.29) is 36.5 Å². The summed E-state index contributed by atoms with van der Waals surface area (Å²) < 4.78 is 35.1. The molecule has 0 aromatic rings. The fourth-order valence-corrected chi connectivity index (χ4v) is 15.2. The summed E-state index contributed by atoms with van der Waals surface area (Å²) >= 11 is 0. The molecule has 8 aliphatic rings. The molecular weight excluding hydrogens is 929 g/mol. The Morgan fingerprint density at radius 3 is 1.87 bits per heavy atom. The molecule has 3 saturated heterocycles. The second-order valence-corrected chi connectivity index (χ2v) is 23.6. The van der Waals surface area contributed by atoms with E-state index in [1.165, 1.54) is 0 Å². The van der Waals surface area contributed by atoms with Crippen LogP contribution in [0.5, 0.6) is 0 Å². The number of carbonyl (C=O) groups is 2. The SMILES string of the molecule is CC1(C)CC[C@]2(C(=O)O[C@@H]3O[C@H](CO)[C@@H](O)[C@H](O)[C@H]3O)C(O)C[C@]3(C)C(=CC[C@@H]4[C@@]5(C)C[C@@H](O)[C@H](O[C@@H]6O[C@H](CO)[C@H](O)[C@H](O)[C@H]6O[C@@H]6O[C@H](C(=O)O)[C@@H](O)[C@H](O)[C@H]6O)[C@@](C)(CO)[C@@H]5CC[C@]43C)[C@@H]2C1. The molecular formula is C48H76O22. The molecule has 3 aliphatic heterocycles. The first kappa shape index (κ1) is 54.2. The first-order valence-corrected chi connectivity index (χ1v) is 24.7. The summed E-state index contributed by atoms with van der Waals surface area (Å²) in [6.45, 7) is 10.3. The minimum Gasteiger partial charge on any atom is -0.479 e. The quantitative estimate of drug-likeness (QED) is 0.0595. The number of fused-ring (bicyclic) bond motifs is 7. The van der Waals surface area contributed by atoms with Gasteiger partial charge in [-0.15, -0.1) is 0 Å². The van der Waals surface area contributed by atoms with Gasteiger partial charge < -0.3 is 99.9 Å². The predicted octanol–water partition coefficient (Wildman–Crippen LogP) is -2.85. The van der Waals surface area contributed by atoms with Crippen molar-refractivity contribution in [1.29, 1.82) is 0 Å². The van der Waals surface area contributed by atoms with Crippen molar-refractivity contribution in [3.63, 3.8) is 0 Å². The third-order valence-corrected chi connectivity index (χ3v) is 19.4. The van der Waals surface area contributed by atoms with E-state index in [2.05, 4.69) is 40.7 Å². The summed E-state index contributed by atoms with van der Waals surface area (Å²) in [5.74, 6) is -3.60. The molecule has 0 radical (unpaired) electrons. The van der Waals surface area contributed by atoms with Crippen molar-refractivity contribution >= 4 is 11.9 Å². The Balaban J connectivity index is 1.09. The number of carbonyl (C=O) groups excluding carboxylic acids is 1. The van der Waals surface area contributed by atoms with Crippen LogP contribution in [-0.2, 0) is 38.0 Å². The molecule has 70 heavy (non-hydrogen) atoms. The van der Waals surface area contributed by atoms with Crippen molar-refractivity contribution in [2.75, 3.05) is 19.8 Å². The lowest BCUT2D eigenvalue weighted by atomic mass is 9.33. The van der Waals surface area contributed by atoms with Crippen LogP contribution in [0, 0.1) is 50.2 Å². The van der Waals surface area contributed by atoms with E-state index in [9.17, 15) is 81.1 Å². The monoisotopic (exact) mass is 1000 g/mol. The molecule has 1 unspecified atom stereocenters. The van der Waals surface area contributed by atoms with Crippen molar-refractivity contribution in [3.8, 4) is 0 Å². The van der Waals surface area contributed by atoms with Gasteiger partial charge in [0.15, 0.2) is 18.7 Å². The molecule has 400 valence electrons. The largest absolute Gasteiger partial charge is 0.479 e. The number of allylic oxidation sites excluding steroid dienone is 2. The van der Waals surface area contributed by atoms with Crippen LogP contribution in [-0.4, -0.2) is 214 Å². The van der Waals surface area contributed by atoms with Crippen LogP contribution in [0.15, 0.2) is 11.6 Å². The molecule has 14 N–H and O–H groups in total. The lowest BCUT2D eigenvalue weighted by molar-refractivity contribution is -0.382. The highest BCUT2D eigenvalue weighted by molar-refractivity contribution is 5.80. The van der Waals surface area contributed by atoms with Crippen LogP contribution in [0.25, 0.3) is 0 Å². The minimum atomic E-state index is -2.08. The van der Waals surface area contributed by atoms with Crippen LogP contribution in [0.4, 0.5) is 0 Å². The number of esters is 1. The summed E-state index contributed by atoms with van der Waals surface area (Å²) in [6.07, 6.45) is -26.0. The average Bonchev–Trinajstić information content (AvgIpc) is 3.29. The Morgan fingerprint density at radius 2 is 1.26 bits per heavy atom. The van der Waals surface area contributed by atoms with Gasteiger partial charge in [0, 0.05) is 5.41 Å². The highest BCUT2D eigenvalue weighted by atomic mass is 16.8. The van der Waals surface area contributed by atoms with Gasteiger partial charge in [-0.2, -0.15) is 0 Å². The van der Waals surface area contributed by atoms with Crippen LogP contribution in [0.1, 0.15) is 92.9 Å². The molecule has 0 spiro atoms. The van der Waals surface area contributed by atoms with Gasteiger partial charge >= 0.3 is 11.9 Å². The van der Waals surface area contributed by atoms with Gasteiger partial charge in [-0.1, -0.05) is 53.2 Å². The summed E-state index contributed by atoms with van der Waals surface area (Å²) in [7, 11) is 0. The van der Waals surface area contributed by atoms with Crippen molar-refractivity contribution in [2.24, 2.45) is 50.2 Å². The van der Waals surface area contributed by atoms with E-state index >= 15 is 0 Å². The molecule has 5 aliphatic carbocycles. The van der Waals surface area contributed by atoms with Gasteiger partial charge in [0.2, 0.25) is 6.29 Å². The number of aliphatic hydroxyl groups excluding tert-OH is 13. The van der Waals surface area contributed by atoms with Gasteiger partial charge in [0.05, 0.1) is 38.1 Å². The molecule has 4 saturated carbocycles. The molecule has 26 atom stereocenters. The third-order valence-electron chi connectivity index (χ3n) is 19.4.